The standard InChI is InChI=1S/C18H21N5O2.C2H6/c1-12-6-7-14(25-12)17-20-16-11-13(10-15(19-2)23(16)21-17)18(24)22-8-4-3-5-9-22;1-2/h6-7,10-11,19H,3-5,8-9H2,1-2H3;1-2H3. The summed E-state index contributed by atoms with van der Waals surface area (Å²) in [5, 5.41) is 7.60. The van der Waals surface area contributed by atoms with Crippen LogP contribution in [0.4, 0.5) is 5.82 Å². The van der Waals surface area contributed by atoms with Gasteiger partial charge in [0.1, 0.15) is 11.6 Å². The number of carbonyl (C=O) groups is 1. The first-order chi connectivity index (χ1) is 13.2. The summed E-state index contributed by atoms with van der Waals surface area (Å²) in [7, 11) is 1.81. The van der Waals surface area contributed by atoms with Crippen LogP contribution in [0.2, 0.25) is 0 Å². The Hall–Kier alpha value is -2.83. The van der Waals surface area contributed by atoms with Crippen LogP contribution in [0.5, 0.6) is 0 Å². The molecule has 27 heavy (non-hydrogen) atoms. The maximum Gasteiger partial charge on any atom is 0.254 e. The first-order valence-corrected chi connectivity index (χ1v) is 9.60. The minimum absolute atomic E-state index is 0.0529. The second kappa shape index (κ2) is 8.24. The summed E-state index contributed by atoms with van der Waals surface area (Å²) in [4.78, 5) is 19.3. The normalized spacial score (nSPS) is 14.0. The minimum Gasteiger partial charge on any atom is -0.458 e. The highest BCUT2D eigenvalue weighted by molar-refractivity contribution is 5.96. The number of furan rings is 1. The van der Waals surface area contributed by atoms with E-state index in [9.17, 15) is 4.79 Å². The predicted molar refractivity (Wildman–Crippen MR) is 106 cm³/mol. The van der Waals surface area contributed by atoms with E-state index in [4.69, 9.17) is 4.42 Å². The Morgan fingerprint density at radius 3 is 2.52 bits per heavy atom. The zero-order chi connectivity index (χ0) is 19.4. The average molecular weight is 369 g/mol. The van der Waals surface area contributed by atoms with Gasteiger partial charge in [0.25, 0.3) is 5.91 Å². The van der Waals surface area contributed by atoms with E-state index in [1.165, 1.54) is 6.42 Å². The molecule has 7 heteroatoms. The molecule has 3 aromatic heterocycles. The molecular formula is C20H27N5O2. The zero-order valence-corrected chi connectivity index (χ0v) is 16.5. The van der Waals surface area contributed by atoms with Crippen LogP contribution in [-0.4, -0.2) is 45.5 Å². The number of piperidine rings is 1. The Balaban J connectivity index is 0.00000102. The first kappa shape index (κ1) is 18.9. The number of pyridine rings is 1. The third-order valence-electron chi connectivity index (χ3n) is 4.54. The van der Waals surface area contributed by atoms with Gasteiger partial charge in [-0.3, -0.25) is 4.79 Å². The van der Waals surface area contributed by atoms with E-state index in [2.05, 4.69) is 15.4 Å². The molecule has 1 N–H and O–H groups in total. The Labute approximate surface area is 159 Å². The third-order valence-corrected chi connectivity index (χ3v) is 4.54. The molecule has 1 fully saturated rings. The second-order valence-electron chi connectivity index (χ2n) is 6.35. The summed E-state index contributed by atoms with van der Waals surface area (Å²) in [5.74, 6) is 2.71. The van der Waals surface area contributed by atoms with Crippen molar-refractivity contribution in [3.05, 3.63) is 35.6 Å². The molecule has 0 radical (unpaired) electrons. The lowest BCUT2D eigenvalue weighted by Crippen LogP contribution is -2.35. The zero-order valence-electron chi connectivity index (χ0n) is 16.5. The minimum atomic E-state index is 0.0529. The highest BCUT2D eigenvalue weighted by Gasteiger charge is 2.21. The SMILES string of the molecule is CC.CNc1cc(C(=O)N2CCCCC2)cc2nc(-c3ccc(C)o3)nn12. The molecule has 4 rings (SSSR count). The molecule has 0 saturated carbocycles. The molecular weight excluding hydrogens is 342 g/mol. The number of likely N-dealkylation sites (tertiary alicyclic amines) is 1. The van der Waals surface area contributed by atoms with Crippen LogP contribution >= 0.6 is 0 Å². The number of fused-ring (bicyclic) bond motifs is 1. The van der Waals surface area contributed by atoms with Crippen molar-refractivity contribution in [2.75, 3.05) is 25.5 Å². The van der Waals surface area contributed by atoms with E-state index in [0.717, 1.165) is 37.5 Å². The van der Waals surface area contributed by atoms with Crippen LogP contribution in [0.1, 0.15) is 49.2 Å². The lowest BCUT2D eigenvalue weighted by Gasteiger charge is -2.26. The molecule has 1 aliphatic heterocycles. The summed E-state index contributed by atoms with van der Waals surface area (Å²) >= 11 is 0. The van der Waals surface area contributed by atoms with E-state index in [1.54, 1.807) is 10.6 Å². The molecule has 0 unspecified atom stereocenters. The van der Waals surface area contributed by atoms with Gasteiger partial charge in [0.05, 0.1) is 0 Å². The Kier molecular flexibility index (Phi) is 5.78. The summed E-state index contributed by atoms with van der Waals surface area (Å²) in [5.41, 5.74) is 1.25. The fourth-order valence-electron chi connectivity index (χ4n) is 3.22. The van der Waals surface area contributed by atoms with Crippen LogP contribution in [0.3, 0.4) is 0 Å². The number of aryl methyl sites for hydroxylation is 1. The van der Waals surface area contributed by atoms with Crippen molar-refractivity contribution in [2.45, 2.75) is 40.0 Å². The number of hydrogen-bond donors (Lipinski definition) is 1. The van der Waals surface area contributed by atoms with Gasteiger partial charge in [0.2, 0.25) is 5.82 Å². The van der Waals surface area contributed by atoms with Crippen LogP contribution in [0.25, 0.3) is 17.2 Å². The van der Waals surface area contributed by atoms with Crippen LogP contribution in [0.15, 0.2) is 28.7 Å². The van der Waals surface area contributed by atoms with Gasteiger partial charge >= 0.3 is 0 Å². The number of rotatable bonds is 3. The monoisotopic (exact) mass is 369 g/mol. The number of nitrogens with one attached hydrogen (secondary N) is 1. The lowest BCUT2D eigenvalue weighted by atomic mass is 10.1. The van der Waals surface area contributed by atoms with Gasteiger partial charge < -0.3 is 14.6 Å². The van der Waals surface area contributed by atoms with Gasteiger partial charge in [-0.1, -0.05) is 13.8 Å². The van der Waals surface area contributed by atoms with Crippen molar-refractivity contribution in [2.24, 2.45) is 0 Å². The van der Waals surface area contributed by atoms with E-state index in [0.29, 0.717) is 22.8 Å². The maximum atomic E-state index is 12.8. The van der Waals surface area contributed by atoms with Crippen molar-refractivity contribution < 1.29 is 9.21 Å². The molecule has 0 aromatic carbocycles. The first-order valence-electron chi connectivity index (χ1n) is 9.60. The smallest absolute Gasteiger partial charge is 0.254 e. The summed E-state index contributed by atoms with van der Waals surface area (Å²) in [6, 6.07) is 7.36. The van der Waals surface area contributed by atoms with Gasteiger partial charge in [0.15, 0.2) is 11.4 Å². The Morgan fingerprint density at radius 1 is 1.15 bits per heavy atom. The van der Waals surface area contributed by atoms with Crippen LogP contribution in [-0.2, 0) is 0 Å². The highest BCUT2D eigenvalue weighted by atomic mass is 16.3. The lowest BCUT2D eigenvalue weighted by molar-refractivity contribution is 0.0724. The quantitative estimate of drug-likeness (QED) is 0.755. The summed E-state index contributed by atoms with van der Waals surface area (Å²) in [6.45, 7) is 7.53. The van der Waals surface area contributed by atoms with Crippen molar-refractivity contribution in [1.29, 1.82) is 0 Å². The number of carbonyl (C=O) groups excluding carboxylic acids is 1. The highest BCUT2D eigenvalue weighted by Crippen LogP contribution is 2.23. The molecule has 1 aliphatic rings. The largest absolute Gasteiger partial charge is 0.458 e. The number of nitrogens with zero attached hydrogens (tertiary/aromatic N) is 4. The molecule has 1 saturated heterocycles. The molecule has 0 bridgehead atoms. The number of hydrogen-bond acceptors (Lipinski definition) is 5. The topological polar surface area (TPSA) is 75.7 Å². The van der Waals surface area contributed by atoms with E-state index in [-0.39, 0.29) is 5.91 Å². The molecule has 7 nitrogen and oxygen atoms in total. The summed E-state index contributed by atoms with van der Waals surface area (Å²) in [6.07, 6.45) is 3.33. The van der Waals surface area contributed by atoms with Gasteiger partial charge in [-0.2, -0.15) is 4.52 Å². The summed E-state index contributed by atoms with van der Waals surface area (Å²) < 4.78 is 7.31. The van der Waals surface area contributed by atoms with E-state index < -0.39 is 0 Å². The molecule has 144 valence electrons. The van der Waals surface area contributed by atoms with Crippen LogP contribution in [0, 0.1) is 6.92 Å². The van der Waals surface area contributed by atoms with Gasteiger partial charge in [-0.25, -0.2) is 4.98 Å². The van der Waals surface area contributed by atoms with Crippen LogP contribution < -0.4 is 5.32 Å². The average Bonchev–Trinajstić information content (AvgIpc) is 3.34. The Morgan fingerprint density at radius 2 is 1.89 bits per heavy atom. The van der Waals surface area contributed by atoms with E-state index in [1.807, 2.05) is 50.9 Å². The van der Waals surface area contributed by atoms with Gasteiger partial charge in [-0.05, 0) is 50.5 Å². The van der Waals surface area contributed by atoms with Crippen molar-refractivity contribution in [3.8, 4) is 11.6 Å². The molecule has 0 spiro atoms. The molecule has 4 heterocycles. The fourth-order valence-corrected chi connectivity index (χ4v) is 3.22. The van der Waals surface area contributed by atoms with Crippen molar-refractivity contribution in [3.63, 3.8) is 0 Å². The second-order valence-corrected chi connectivity index (χ2v) is 6.35. The third kappa shape index (κ3) is 3.82. The molecule has 0 aliphatic carbocycles. The van der Waals surface area contributed by atoms with E-state index >= 15 is 0 Å². The Bertz CT molecular complexity index is 922. The van der Waals surface area contributed by atoms with Gasteiger partial charge in [-0.15, -0.1) is 5.10 Å². The number of aromatic nitrogens is 3. The molecule has 3 aromatic rings. The maximum absolute atomic E-state index is 12.8. The van der Waals surface area contributed by atoms with Crippen molar-refractivity contribution in [1.82, 2.24) is 19.5 Å². The van der Waals surface area contributed by atoms with Gasteiger partial charge in [0, 0.05) is 25.7 Å². The fraction of sp³-hybridized carbons (Fsp3) is 0.450. The molecule has 0 atom stereocenters. The number of amides is 1. The van der Waals surface area contributed by atoms with Crippen molar-refractivity contribution >= 4 is 17.4 Å². The number of anilines is 1. The predicted octanol–water partition coefficient (Wildman–Crippen LogP) is 3.99. The molecule has 1 amide bonds.